The zero-order chi connectivity index (χ0) is 20.6. The number of imide groups is 1. The van der Waals surface area contributed by atoms with E-state index < -0.39 is 0 Å². The van der Waals surface area contributed by atoms with Crippen LogP contribution in [0.25, 0.3) is 0 Å². The quantitative estimate of drug-likeness (QED) is 0.671. The summed E-state index contributed by atoms with van der Waals surface area (Å²) in [7, 11) is 0. The first kappa shape index (κ1) is 29.0. The molecule has 166 valence electrons. The van der Waals surface area contributed by atoms with Crippen molar-refractivity contribution in [1.29, 1.82) is 0 Å². The molecule has 29 heavy (non-hydrogen) atoms. The maximum absolute atomic E-state index is 10.9. The van der Waals surface area contributed by atoms with E-state index in [1.807, 2.05) is 27.7 Å². The Kier molecular flexibility index (Phi) is 13.9. The van der Waals surface area contributed by atoms with E-state index in [9.17, 15) is 9.59 Å². The summed E-state index contributed by atoms with van der Waals surface area (Å²) in [5.41, 5.74) is 2.66. The summed E-state index contributed by atoms with van der Waals surface area (Å²) in [6.45, 7) is 16.1. The molecule has 2 N–H and O–H groups in total. The molecular formula is C19H36N6O3S. The number of rotatable bonds is 3. The van der Waals surface area contributed by atoms with E-state index in [0.29, 0.717) is 24.4 Å². The minimum absolute atomic E-state index is 0. The molecule has 3 aliphatic rings. The van der Waals surface area contributed by atoms with Crippen LogP contribution in [0.2, 0.25) is 0 Å². The molecule has 0 spiro atoms. The molecule has 0 aromatic heterocycles. The van der Waals surface area contributed by atoms with Gasteiger partial charge in [-0.25, -0.2) is 10.5 Å². The second-order valence-corrected chi connectivity index (χ2v) is 7.98. The fourth-order valence-electron chi connectivity index (χ4n) is 1.88. The first-order valence-corrected chi connectivity index (χ1v) is 9.63. The van der Waals surface area contributed by atoms with Gasteiger partial charge in [0.25, 0.3) is 5.24 Å². The van der Waals surface area contributed by atoms with Gasteiger partial charge in [-0.1, -0.05) is 68.2 Å². The number of nitrogens with one attached hydrogen (secondary N) is 2. The van der Waals surface area contributed by atoms with Crippen LogP contribution in [-0.4, -0.2) is 34.7 Å². The molecule has 3 rings (SSSR count). The van der Waals surface area contributed by atoms with E-state index in [2.05, 4.69) is 51.4 Å². The number of hydrogen-bond donors (Lipinski definition) is 2. The Balaban J connectivity index is 0. The number of azo groups is 1. The molecule has 0 saturated carbocycles. The highest BCUT2D eigenvalue weighted by atomic mass is 32.2. The number of amidine groups is 2. The summed E-state index contributed by atoms with van der Waals surface area (Å²) < 4.78 is 0. The topological polar surface area (TPSA) is 117 Å². The van der Waals surface area contributed by atoms with Gasteiger partial charge in [-0.05, 0) is 12.5 Å². The fourth-order valence-corrected chi connectivity index (χ4v) is 2.71. The van der Waals surface area contributed by atoms with Crippen molar-refractivity contribution in [2.24, 2.45) is 38.0 Å². The molecule has 9 nitrogen and oxygen atoms in total. The molecule has 2 amide bonds. The Hall–Kier alpha value is -2.23. The standard InChI is InChI=1S/C6H10N2O.C6H9NO2S.C5H9N3.2CH4/c1-4(2)6-7-5(3)9-8-6;1-3(2)4-5(8)7-6(9)10-4;1-4(2)5-6-3-7-8-5;;/h4H,3H2,1-2H3,(H,7,8);3-4H,1-2H3,(H,7,8,9);4H,3H2,1-2H3;2*1H4. The van der Waals surface area contributed by atoms with E-state index in [1.165, 1.54) is 0 Å². The molecule has 0 aromatic carbocycles. The van der Waals surface area contributed by atoms with E-state index in [0.717, 1.165) is 23.4 Å². The Morgan fingerprint density at radius 2 is 1.72 bits per heavy atom. The average molecular weight is 429 g/mol. The number of hydroxylamine groups is 1. The van der Waals surface area contributed by atoms with Gasteiger partial charge in [-0.3, -0.25) is 14.9 Å². The van der Waals surface area contributed by atoms with Gasteiger partial charge in [-0.2, -0.15) is 10.1 Å². The highest BCUT2D eigenvalue weighted by Gasteiger charge is 2.33. The summed E-state index contributed by atoms with van der Waals surface area (Å²) >= 11 is 1.08. The predicted molar refractivity (Wildman–Crippen MR) is 121 cm³/mol. The van der Waals surface area contributed by atoms with E-state index >= 15 is 0 Å². The van der Waals surface area contributed by atoms with Gasteiger partial charge in [0.1, 0.15) is 11.7 Å². The number of carbonyl (C=O) groups excluding carboxylic acids is 2. The lowest BCUT2D eigenvalue weighted by molar-refractivity contribution is -0.119. The number of thioether (sulfide) groups is 1. The van der Waals surface area contributed by atoms with Crippen molar-refractivity contribution in [2.45, 2.75) is 61.6 Å². The fraction of sp³-hybridized carbons (Fsp3) is 0.684. The van der Waals surface area contributed by atoms with Crippen LogP contribution < -0.4 is 10.8 Å². The van der Waals surface area contributed by atoms with Crippen molar-refractivity contribution in [2.75, 3.05) is 6.67 Å². The number of amides is 2. The highest BCUT2D eigenvalue weighted by Crippen LogP contribution is 2.25. The Bertz CT molecular complexity index is 656. The van der Waals surface area contributed by atoms with Crippen LogP contribution in [-0.2, 0) is 9.63 Å². The SMILES string of the molecule is C.C.C=C1N=C(C(C)C)NO1.CC(C)C1=NCN=N1.CC(C)C1SC(=O)NC1=O. The smallest absolute Gasteiger partial charge is 0.286 e. The lowest BCUT2D eigenvalue weighted by atomic mass is 10.1. The van der Waals surface area contributed by atoms with Gasteiger partial charge >= 0.3 is 0 Å². The minimum atomic E-state index is -0.219. The highest BCUT2D eigenvalue weighted by molar-refractivity contribution is 8.15. The van der Waals surface area contributed by atoms with Crippen LogP contribution in [0.1, 0.15) is 56.4 Å². The van der Waals surface area contributed by atoms with Crippen molar-refractivity contribution >= 4 is 34.6 Å². The molecule has 0 bridgehead atoms. The number of hydrogen-bond acceptors (Lipinski definition) is 9. The molecule has 10 heteroatoms. The van der Waals surface area contributed by atoms with Crippen molar-refractivity contribution < 1.29 is 14.4 Å². The molecule has 3 aliphatic heterocycles. The first-order valence-electron chi connectivity index (χ1n) is 8.75. The Morgan fingerprint density at radius 1 is 1.10 bits per heavy atom. The summed E-state index contributed by atoms with van der Waals surface area (Å²) in [6.07, 6.45) is 0. The first-order chi connectivity index (χ1) is 12.6. The van der Waals surface area contributed by atoms with Gasteiger partial charge in [0.05, 0.1) is 5.25 Å². The van der Waals surface area contributed by atoms with Crippen LogP contribution in [0.4, 0.5) is 4.79 Å². The van der Waals surface area contributed by atoms with Crippen molar-refractivity contribution in [3.05, 3.63) is 12.5 Å². The van der Waals surface area contributed by atoms with E-state index in [1.54, 1.807) is 0 Å². The lowest BCUT2D eigenvalue weighted by Gasteiger charge is -2.06. The van der Waals surface area contributed by atoms with Crippen LogP contribution >= 0.6 is 11.8 Å². The number of carbonyl (C=O) groups is 2. The van der Waals surface area contributed by atoms with Gasteiger partial charge in [0.2, 0.25) is 11.8 Å². The van der Waals surface area contributed by atoms with Gasteiger partial charge in [-0.15, -0.1) is 5.11 Å². The molecule has 3 heterocycles. The van der Waals surface area contributed by atoms with Crippen LogP contribution in [0.15, 0.2) is 32.7 Å². The third-order valence-corrected chi connectivity index (χ3v) is 4.70. The monoisotopic (exact) mass is 428 g/mol. The van der Waals surface area contributed by atoms with Crippen LogP contribution in [0.5, 0.6) is 0 Å². The second-order valence-electron chi connectivity index (χ2n) is 6.86. The van der Waals surface area contributed by atoms with Gasteiger partial charge in [0.15, 0.2) is 6.67 Å². The molecule has 0 aliphatic carbocycles. The maximum Gasteiger partial charge on any atom is 0.286 e. The van der Waals surface area contributed by atoms with E-state index in [4.69, 9.17) is 4.84 Å². The summed E-state index contributed by atoms with van der Waals surface area (Å²) in [5, 5.41) is 9.36. The summed E-state index contributed by atoms with van der Waals surface area (Å²) in [5.74, 6) is 3.07. The second kappa shape index (κ2) is 13.9. The zero-order valence-electron chi connectivity index (χ0n) is 16.6. The van der Waals surface area contributed by atoms with E-state index in [-0.39, 0.29) is 37.2 Å². The molecule has 1 atom stereocenters. The Labute approximate surface area is 178 Å². The van der Waals surface area contributed by atoms with Crippen LogP contribution in [0, 0.1) is 17.8 Å². The van der Waals surface area contributed by atoms with Crippen molar-refractivity contribution in [1.82, 2.24) is 10.8 Å². The number of nitrogens with zero attached hydrogens (tertiary/aromatic N) is 4. The maximum atomic E-state index is 10.9. The third-order valence-electron chi connectivity index (χ3n) is 3.37. The third kappa shape index (κ3) is 10.2. The van der Waals surface area contributed by atoms with Crippen molar-refractivity contribution in [3.63, 3.8) is 0 Å². The lowest BCUT2D eigenvalue weighted by Crippen LogP contribution is -2.27. The summed E-state index contributed by atoms with van der Waals surface area (Å²) in [6, 6.07) is 0. The average Bonchev–Trinajstić information content (AvgIpc) is 3.29. The molecular weight excluding hydrogens is 392 g/mol. The molecule has 1 unspecified atom stereocenters. The molecule has 1 fully saturated rings. The number of aliphatic imine (C=N–C) groups is 2. The van der Waals surface area contributed by atoms with Crippen LogP contribution in [0.3, 0.4) is 0 Å². The molecule has 0 aromatic rings. The summed E-state index contributed by atoms with van der Waals surface area (Å²) in [4.78, 5) is 34.2. The van der Waals surface area contributed by atoms with Crippen molar-refractivity contribution in [3.8, 4) is 0 Å². The van der Waals surface area contributed by atoms with Gasteiger partial charge in [0, 0.05) is 11.8 Å². The van der Waals surface area contributed by atoms with Gasteiger partial charge < -0.3 is 4.84 Å². The molecule has 0 radical (unpaired) electrons. The largest absolute Gasteiger partial charge is 0.361 e. The Morgan fingerprint density at radius 3 is 1.93 bits per heavy atom. The zero-order valence-corrected chi connectivity index (χ0v) is 17.5. The normalized spacial score (nSPS) is 19.1. The predicted octanol–water partition coefficient (Wildman–Crippen LogP) is 4.78. The minimum Gasteiger partial charge on any atom is -0.361 e. The molecule has 1 saturated heterocycles.